The van der Waals surface area contributed by atoms with Crippen molar-refractivity contribution >= 4 is 17.4 Å². The fourth-order valence-electron chi connectivity index (χ4n) is 5.25. The fraction of sp³-hybridized carbons (Fsp3) is 0.269. The lowest BCUT2D eigenvalue weighted by Gasteiger charge is -2.40. The summed E-state index contributed by atoms with van der Waals surface area (Å²) in [4.78, 5) is 27.1. The van der Waals surface area contributed by atoms with Gasteiger partial charge in [-0.1, -0.05) is 18.2 Å². The molecule has 172 valence electrons. The molecule has 3 atom stereocenters. The number of nitrogens with zero attached hydrogens (tertiary/aromatic N) is 2. The molecule has 1 fully saturated rings. The summed E-state index contributed by atoms with van der Waals surface area (Å²) in [5.74, 6) is 0.417. The average molecular weight is 459 g/mol. The van der Waals surface area contributed by atoms with Crippen molar-refractivity contribution < 1.29 is 14.1 Å². The average Bonchev–Trinajstić information content (AvgIpc) is 2.83. The lowest BCUT2D eigenvalue weighted by atomic mass is 9.83. The van der Waals surface area contributed by atoms with Gasteiger partial charge in [0.25, 0.3) is 5.56 Å². The van der Waals surface area contributed by atoms with E-state index in [9.17, 15) is 14.0 Å². The number of urea groups is 1. The zero-order valence-corrected chi connectivity index (χ0v) is 18.6. The fourth-order valence-corrected chi connectivity index (χ4v) is 5.25. The Kier molecular flexibility index (Phi) is 5.86. The van der Waals surface area contributed by atoms with E-state index < -0.39 is 6.03 Å². The van der Waals surface area contributed by atoms with Crippen molar-refractivity contribution in [2.24, 2.45) is 5.92 Å². The summed E-state index contributed by atoms with van der Waals surface area (Å²) in [7, 11) is 0. The number of rotatable bonds is 4. The number of amides is 2. The topological polar surface area (TPSA) is 91.4 Å². The van der Waals surface area contributed by atoms with Gasteiger partial charge in [0.2, 0.25) is 0 Å². The molecule has 7 nitrogen and oxygen atoms in total. The SMILES string of the molecule is N#Cc1cccc(NC(=O)Nc2ccc3n(c2=O)C[C@H]2C[C@@H]3C[NH+](Cc3ccc(F)cc3)C2)c1. The Morgan fingerprint density at radius 1 is 1.12 bits per heavy atom. The van der Waals surface area contributed by atoms with Gasteiger partial charge in [0, 0.05) is 35.3 Å². The molecule has 3 N–H and O–H groups in total. The maximum Gasteiger partial charge on any atom is 0.323 e. The second-order valence-corrected chi connectivity index (χ2v) is 9.12. The number of quaternary nitrogens is 1. The number of benzene rings is 2. The smallest absolute Gasteiger partial charge is 0.323 e. The Labute approximate surface area is 196 Å². The van der Waals surface area contributed by atoms with E-state index in [1.165, 1.54) is 17.0 Å². The van der Waals surface area contributed by atoms with Gasteiger partial charge < -0.3 is 20.1 Å². The third-order valence-corrected chi connectivity index (χ3v) is 6.66. The van der Waals surface area contributed by atoms with Crippen molar-refractivity contribution in [1.29, 1.82) is 5.26 Å². The van der Waals surface area contributed by atoms with Crippen LogP contribution in [0.3, 0.4) is 0 Å². The molecule has 3 heterocycles. The Bertz CT molecular complexity index is 1330. The second kappa shape index (κ2) is 9.12. The van der Waals surface area contributed by atoms with Gasteiger partial charge in [-0.25, -0.2) is 9.18 Å². The first kappa shape index (κ1) is 21.9. The van der Waals surface area contributed by atoms with Crippen LogP contribution < -0.4 is 21.1 Å². The van der Waals surface area contributed by atoms with Gasteiger partial charge in [-0.2, -0.15) is 5.26 Å². The number of hydrogen-bond acceptors (Lipinski definition) is 3. The van der Waals surface area contributed by atoms with E-state index in [0.717, 1.165) is 37.3 Å². The molecule has 5 rings (SSSR count). The Morgan fingerprint density at radius 2 is 1.94 bits per heavy atom. The number of hydrogen-bond donors (Lipinski definition) is 3. The van der Waals surface area contributed by atoms with Crippen molar-refractivity contribution in [2.45, 2.75) is 25.4 Å². The lowest BCUT2D eigenvalue weighted by Crippen LogP contribution is -3.13. The maximum atomic E-state index is 13.2. The van der Waals surface area contributed by atoms with Crippen LogP contribution in [-0.2, 0) is 13.1 Å². The molecule has 3 aromatic rings. The predicted octanol–water partition coefficient (Wildman–Crippen LogP) is 2.71. The summed E-state index contributed by atoms with van der Waals surface area (Å²) in [6, 6.07) is 18.4. The number of likely N-dealkylation sites (tertiary alicyclic amines) is 1. The standard InChI is InChI=1S/C26H24FN5O2/c27-21-6-4-17(5-7-21)13-31-14-19-10-20(16-31)24-9-8-23(25(33)32(24)15-19)30-26(34)29-22-3-1-2-18(11-22)12-28/h1-9,11,19-20H,10,13-16H2,(H2,29,30,34)/p+1/t19-,20+/m0/s1. The normalized spacial score (nSPS) is 20.6. The largest absolute Gasteiger partial charge is 0.330 e. The van der Waals surface area contributed by atoms with Crippen LogP contribution in [0.4, 0.5) is 20.6 Å². The van der Waals surface area contributed by atoms with Crippen LogP contribution in [0.25, 0.3) is 0 Å². The van der Waals surface area contributed by atoms with Gasteiger partial charge in [-0.3, -0.25) is 4.79 Å². The van der Waals surface area contributed by atoms with Gasteiger partial charge in [-0.05, 0) is 48.9 Å². The first-order chi connectivity index (χ1) is 16.5. The Hall–Kier alpha value is -3.96. The van der Waals surface area contributed by atoms with E-state index in [0.29, 0.717) is 23.7 Å². The van der Waals surface area contributed by atoms with Crippen molar-refractivity contribution in [3.8, 4) is 6.07 Å². The Balaban J connectivity index is 1.29. The van der Waals surface area contributed by atoms with Gasteiger partial charge >= 0.3 is 6.03 Å². The second-order valence-electron chi connectivity index (χ2n) is 9.12. The molecule has 0 saturated carbocycles. The Morgan fingerprint density at radius 3 is 2.74 bits per heavy atom. The zero-order chi connectivity index (χ0) is 23.7. The van der Waals surface area contributed by atoms with Crippen LogP contribution in [0.1, 0.15) is 29.2 Å². The summed E-state index contributed by atoms with van der Waals surface area (Å²) < 4.78 is 15.0. The molecule has 2 bridgehead atoms. The zero-order valence-electron chi connectivity index (χ0n) is 18.6. The summed E-state index contributed by atoms with van der Waals surface area (Å²) >= 11 is 0. The van der Waals surface area contributed by atoms with Crippen LogP contribution >= 0.6 is 0 Å². The molecule has 8 heteroatoms. The number of nitrogens with one attached hydrogen (secondary N) is 3. The minimum absolute atomic E-state index is 0.199. The predicted molar refractivity (Wildman–Crippen MR) is 126 cm³/mol. The number of aromatic nitrogens is 1. The highest BCUT2D eigenvalue weighted by molar-refractivity contribution is 5.99. The lowest BCUT2D eigenvalue weighted by molar-refractivity contribution is -0.924. The molecule has 0 spiro atoms. The molecule has 1 aromatic heterocycles. The highest BCUT2D eigenvalue weighted by Gasteiger charge is 2.37. The maximum absolute atomic E-state index is 13.2. The molecule has 2 aromatic carbocycles. The summed E-state index contributed by atoms with van der Waals surface area (Å²) in [5, 5.41) is 14.3. The van der Waals surface area contributed by atoms with Crippen LogP contribution in [-0.4, -0.2) is 23.7 Å². The molecular formula is C26H25FN5O2+. The summed E-state index contributed by atoms with van der Waals surface area (Å²) in [5.41, 5.74) is 3.07. The van der Waals surface area contributed by atoms with Crippen molar-refractivity contribution in [2.75, 3.05) is 23.7 Å². The van der Waals surface area contributed by atoms with Crippen LogP contribution in [0.5, 0.6) is 0 Å². The molecule has 1 unspecified atom stereocenters. The highest BCUT2D eigenvalue weighted by Crippen LogP contribution is 2.31. The molecule has 2 amide bonds. The number of piperidine rings is 1. The molecule has 34 heavy (non-hydrogen) atoms. The number of fused-ring (bicyclic) bond motifs is 4. The summed E-state index contributed by atoms with van der Waals surface area (Å²) in [6.45, 7) is 3.33. The van der Waals surface area contributed by atoms with E-state index in [2.05, 4.69) is 10.6 Å². The van der Waals surface area contributed by atoms with Gasteiger partial charge in [0.05, 0.1) is 24.7 Å². The van der Waals surface area contributed by atoms with Crippen LogP contribution in [0.15, 0.2) is 65.5 Å². The quantitative estimate of drug-likeness (QED) is 0.562. The van der Waals surface area contributed by atoms with E-state index in [-0.39, 0.29) is 23.0 Å². The third-order valence-electron chi connectivity index (χ3n) is 6.66. The number of halogens is 1. The first-order valence-corrected chi connectivity index (χ1v) is 11.4. The van der Waals surface area contributed by atoms with Crippen molar-refractivity contribution in [3.05, 3.63) is 93.7 Å². The number of nitriles is 1. The van der Waals surface area contributed by atoms with E-state index in [4.69, 9.17) is 5.26 Å². The van der Waals surface area contributed by atoms with E-state index in [1.54, 1.807) is 34.9 Å². The first-order valence-electron chi connectivity index (χ1n) is 11.4. The van der Waals surface area contributed by atoms with E-state index in [1.807, 2.05) is 24.3 Å². The molecule has 2 aliphatic heterocycles. The molecule has 0 radical (unpaired) electrons. The monoisotopic (exact) mass is 458 g/mol. The van der Waals surface area contributed by atoms with Crippen LogP contribution in [0.2, 0.25) is 0 Å². The third kappa shape index (κ3) is 4.56. The van der Waals surface area contributed by atoms with Crippen molar-refractivity contribution in [1.82, 2.24) is 4.57 Å². The number of carbonyl (C=O) groups excluding carboxylic acids is 1. The highest BCUT2D eigenvalue weighted by atomic mass is 19.1. The van der Waals surface area contributed by atoms with Gasteiger partial charge in [0.1, 0.15) is 18.0 Å². The molecular weight excluding hydrogens is 433 g/mol. The van der Waals surface area contributed by atoms with E-state index >= 15 is 0 Å². The molecule has 2 aliphatic rings. The number of pyridine rings is 1. The summed E-state index contributed by atoms with van der Waals surface area (Å²) in [6.07, 6.45) is 1.05. The minimum atomic E-state index is -0.529. The number of anilines is 2. The van der Waals surface area contributed by atoms with Crippen LogP contribution in [0, 0.1) is 23.1 Å². The molecule has 1 saturated heterocycles. The van der Waals surface area contributed by atoms with Gasteiger partial charge in [-0.15, -0.1) is 0 Å². The minimum Gasteiger partial charge on any atom is -0.330 e. The molecule has 0 aliphatic carbocycles. The number of carbonyl (C=O) groups is 1. The van der Waals surface area contributed by atoms with Crippen molar-refractivity contribution in [3.63, 3.8) is 0 Å². The van der Waals surface area contributed by atoms with Gasteiger partial charge in [0.15, 0.2) is 0 Å².